The van der Waals surface area contributed by atoms with Gasteiger partial charge in [-0.25, -0.2) is 0 Å². The van der Waals surface area contributed by atoms with Crippen LogP contribution in [0.1, 0.15) is 19.8 Å². The zero-order valence-electron chi connectivity index (χ0n) is 7.73. The van der Waals surface area contributed by atoms with Gasteiger partial charge in [0.2, 0.25) is 5.91 Å². The Hall–Kier alpha value is -1.04. The van der Waals surface area contributed by atoms with Crippen LogP contribution in [0.15, 0.2) is 0 Å². The molecule has 1 saturated heterocycles. The fourth-order valence-corrected chi connectivity index (χ4v) is 2.22. The van der Waals surface area contributed by atoms with E-state index >= 15 is 0 Å². The van der Waals surface area contributed by atoms with Crippen molar-refractivity contribution in [2.75, 3.05) is 6.54 Å². The molecule has 0 saturated carbocycles. The lowest BCUT2D eigenvalue weighted by Gasteiger charge is -2.11. The summed E-state index contributed by atoms with van der Waals surface area (Å²) in [6.45, 7) is 2.23. The zero-order chi connectivity index (χ0) is 10.7. The van der Waals surface area contributed by atoms with Gasteiger partial charge in [-0.3, -0.25) is 19.3 Å². The molecule has 0 aromatic rings. The van der Waals surface area contributed by atoms with Crippen molar-refractivity contribution < 1.29 is 19.5 Å². The van der Waals surface area contributed by atoms with Gasteiger partial charge in [0.25, 0.3) is 5.24 Å². The Bertz CT molecular complexity index is 279. The van der Waals surface area contributed by atoms with E-state index in [1.165, 1.54) is 0 Å². The van der Waals surface area contributed by atoms with E-state index in [0.717, 1.165) is 16.7 Å². The monoisotopic (exact) mass is 217 g/mol. The van der Waals surface area contributed by atoms with Crippen LogP contribution in [0.3, 0.4) is 0 Å². The number of thioether (sulfide) groups is 1. The first-order chi connectivity index (χ1) is 6.56. The van der Waals surface area contributed by atoms with E-state index in [1.54, 1.807) is 0 Å². The van der Waals surface area contributed by atoms with E-state index in [4.69, 9.17) is 5.11 Å². The van der Waals surface area contributed by atoms with Gasteiger partial charge in [-0.15, -0.1) is 0 Å². The number of nitrogens with zero attached hydrogens (tertiary/aromatic N) is 1. The van der Waals surface area contributed by atoms with Crippen LogP contribution in [0.25, 0.3) is 0 Å². The fraction of sp³-hybridized carbons (Fsp3) is 0.625. The molecule has 2 amide bonds. The number of aliphatic carboxylic acids is 1. The molecule has 1 fully saturated rings. The lowest BCUT2D eigenvalue weighted by atomic mass is 10.2. The van der Waals surface area contributed by atoms with Crippen LogP contribution >= 0.6 is 11.8 Å². The van der Waals surface area contributed by atoms with Crippen molar-refractivity contribution in [1.82, 2.24) is 4.90 Å². The van der Waals surface area contributed by atoms with Crippen LogP contribution in [0.4, 0.5) is 4.79 Å². The highest BCUT2D eigenvalue weighted by atomic mass is 32.2. The molecule has 1 aliphatic rings. The molecule has 0 aromatic heterocycles. The van der Waals surface area contributed by atoms with Gasteiger partial charge in [0.05, 0.1) is 6.42 Å². The van der Waals surface area contributed by atoms with E-state index in [0.29, 0.717) is 13.0 Å². The molecule has 1 unspecified atom stereocenters. The second kappa shape index (κ2) is 4.45. The van der Waals surface area contributed by atoms with Crippen molar-refractivity contribution in [2.24, 2.45) is 0 Å². The Balaban J connectivity index is 2.64. The van der Waals surface area contributed by atoms with Crippen LogP contribution < -0.4 is 0 Å². The molecule has 1 heterocycles. The van der Waals surface area contributed by atoms with E-state index in [2.05, 4.69) is 0 Å². The van der Waals surface area contributed by atoms with Crippen molar-refractivity contribution in [1.29, 1.82) is 0 Å². The number of hydrogen-bond donors (Lipinski definition) is 1. The van der Waals surface area contributed by atoms with Gasteiger partial charge in [0.15, 0.2) is 0 Å². The second-order valence-electron chi connectivity index (χ2n) is 2.96. The molecular weight excluding hydrogens is 206 g/mol. The van der Waals surface area contributed by atoms with Crippen molar-refractivity contribution in [2.45, 2.75) is 25.0 Å². The van der Waals surface area contributed by atoms with Crippen LogP contribution in [0.5, 0.6) is 0 Å². The summed E-state index contributed by atoms with van der Waals surface area (Å²) < 4.78 is 0. The Kier molecular flexibility index (Phi) is 3.51. The number of rotatable bonds is 4. The Labute approximate surface area is 85.4 Å². The smallest absolute Gasteiger partial charge is 0.305 e. The molecule has 1 atom stereocenters. The molecular formula is C8H11NO4S. The molecule has 5 nitrogen and oxygen atoms in total. The van der Waals surface area contributed by atoms with Gasteiger partial charge >= 0.3 is 5.97 Å². The highest BCUT2D eigenvalue weighted by Gasteiger charge is 2.39. The minimum atomic E-state index is -1.05. The van der Waals surface area contributed by atoms with Gasteiger partial charge in [0, 0.05) is 6.54 Å². The summed E-state index contributed by atoms with van der Waals surface area (Å²) >= 11 is 0.807. The largest absolute Gasteiger partial charge is 0.481 e. The average Bonchev–Trinajstić information content (AvgIpc) is 2.32. The summed E-state index contributed by atoms with van der Waals surface area (Å²) in [7, 11) is 0. The number of amides is 2. The predicted octanol–water partition coefficient (Wildman–Crippen LogP) is 0.935. The fourth-order valence-electron chi connectivity index (χ4n) is 1.21. The molecule has 0 aromatic carbocycles. The van der Waals surface area contributed by atoms with E-state index < -0.39 is 11.2 Å². The normalized spacial score (nSPS) is 21.8. The standard InChI is InChI=1S/C8H11NO4S/c1-2-3-9-7(12)5(4-6(10)11)14-8(9)13/h5H,2-4H2,1H3,(H,10,11). The molecule has 0 radical (unpaired) electrons. The summed E-state index contributed by atoms with van der Waals surface area (Å²) in [5.74, 6) is -1.42. The minimum Gasteiger partial charge on any atom is -0.481 e. The lowest BCUT2D eigenvalue weighted by Crippen LogP contribution is -2.32. The lowest BCUT2D eigenvalue weighted by molar-refractivity contribution is -0.139. The maximum Gasteiger partial charge on any atom is 0.305 e. The van der Waals surface area contributed by atoms with Crippen molar-refractivity contribution >= 4 is 28.9 Å². The first-order valence-electron chi connectivity index (χ1n) is 4.30. The summed E-state index contributed by atoms with van der Waals surface area (Å²) in [6.07, 6.45) is 0.410. The van der Waals surface area contributed by atoms with Crippen LogP contribution in [0.2, 0.25) is 0 Å². The van der Waals surface area contributed by atoms with Gasteiger partial charge in [-0.2, -0.15) is 0 Å². The van der Waals surface area contributed by atoms with Crippen LogP contribution in [-0.4, -0.2) is 38.9 Å². The van der Waals surface area contributed by atoms with E-state index in [-0.39, 0.29) is 17.6 Å². The number of carboxylic acids is 1. The number of imide groups is 1. The molecule has 1 rings (SSSR count). The van der Waals surface area contributed by atoms with Crippen LogP contribution in [-0.2, 0) is 9.59 Å². The number of carbonyl (C=O) groups excluding carboxylic acids is 2. The summed E-state index contributed by atoms with van der Waals surface area (Å²) in [5.41, 5.74) is 0. The van der Waals surface area contributed by atoms with Crippen molar-refractivity contribution in [3.63, 3.8) is 0 Å². The summed E-state index contributed by atoms with van der Waals surface area (Å²) in [4.78, 5) is 34.2. The summed E-state index contributed by atoms with van der Waals surface area (Å²) in [5, 5.41) is 7.44. The third kappa shape index (κ3) is 2.25. The minimum absolute atomic E-state index is 0.282. The van der Waals surface area contributed by atoms with Gasteiger partial charge in [-0.05, 0) is 6.42 Å². The molecule has 0 spiro atoms. The predicted molar refractivity (Wildman–Crippen MR) is 51.0 cm³/mol. The first-order valence-corrected chi connectivity index (χ1v) is 5.18. The highest BCUT2D eigenvalue weighted by Crippen LogP contribution is 2.29. The Morgan fingerprint density at radius 2 is 2.21 bits per heavy atom. The van der Waals surface area contributed by atoms with Crippen molar-refractivity contribution in [3.05, 3.63) is 0 Å². The molecule has 14 heavy (non-hydrogen) atoms. The SMILES string of the molecule is CCCN1C(=O)SC(CC(=O)O)C1=O. The summed E-state index contributed by atoms with van der Waals surface area (Å²) in [6, 6.07) is 0. The van der Waals surface area contributed by atoms with Gasteiger partial charge in [-0.1, -0.05) is 18.7 Å². The first kappa shape index (κ1) is 11.0. The molecule has 6 heteroatoms. The number of carboxylic acid groups (broad SMARTS) is 1. The number of carbonyl (C=O) groups is 3. The molecule has 0 bridgehead atoms. The van der Waals surface area contributed by atoms with Crippen molar-refractivity contribution in [3.8, 4) is 0 Å². The van der Waals surface area contributed by atoms with Gasteiger partial charge < -0.3 is 5.11 Å². The Morgan fingerprint density at radius 3 is 2.71 bits per heavy atom. The quantitative estimate of drug-likeness (QED) is 0.758. The molecule has 1 N–H and O–H groups in total. The topological polar surface area (TPSA) is 74.7 Å². The Morgan fingerprint density at radius 1 is 1.57 bits per heavy atom. The van der Waals surface area contributed by atoms with Gasteiger partial charge in [0.1, 0.15) is 5.25 Å². The van der Waals surface area contributed by atoms with Crippen LogP contribution in [0, 0.1) is 0 Å². The van der Waals surface area contributed by atoms with E-state index in [1.807, 2.05) is 6.92 Å². The zero-order valence-corrected chi connectivity index (χ0v) is 8.54. The highest BCUT2D eigenvalue weighted by molar-refractivity contribution is 8.15. The third-order valence-electron chi connectivity index (χ3n) is 1.81. The molecule has 0 aliphatic carbocycles. The molecule has 1 aliphatic heterocycles. The second-order valence-corrected chi connectivity index (χ2v) is 4.11. The maximum atomic E-state index is 11.5. The third-order valence-corrected chi connectivity index (χ3v) is 2.89. The molecule has 78 valence electrons. The average molecular weight is 217 g/mol. The van der Waals surface area contributed by atoms with E-state index in [9.17, 15) is 14.4 Å². The maximum absolute atomic E-state index is 11.5. The number of hydrogen-bond acceptors (Lipinski definition) is 4.